The Morgan fingerprint density at radius 3 is 2.75 bits per heavy atom. The highest BCUT2D eigenvalue weighted by Gasteiger charge is 2.36. The molecule has 1 aromatic heterocycles. The van der Waals surface area contributed by atoms with Crippen molar-refractivity contribution in [3.05, 3.63) is 29.8 Å². The zero-order valence-electron chi connectivity index (χ0n) is 6.76. The standard InChI is InChI=1S/C9H11FN2/c10-8-6-12-5-2-7(8)9(11)3-1-4-9/h2,5-6H,1,3-4,11H2. The third-order valence-corrected chi connectivity index (χ3v) is 2.55. The fourth-order valence-electron chi connectivity index (χ4n) is 1.61. The van der Waals surface area contributed by atoms with Gasteiger partial charge in [-0.2, -0.15) is 0 Å². The first-order valence-corrected chi connectivity index (χ1v) is 4.11. The van der Waals surface area contributed by atoms with Crippen LogP contribution in [0.25, 0.3) is 0 Å². The molecule has 1 aliphatic rings. The predicted octanol–water partition coefficient (Wildman–Crippen LogP) is 1.56. The Hall–Kier alpha value is -0.960. The minimum atomic E-state index is -0.410. The number of hydrogen-bond donors (Lipinski definition) is 1. The summed E-state index contributed by atoms with van der Waals surface area (Å²) in [7, 11) is 0. The Bertz CT molecular complexity index is 294. The van der Waals surface area contributed by atoms with E-state index in [4.69, 9.17) is 5.73 Å². The lowest BCUT2D eigenvalue weighted by molar-refractivity contribution is 0.245. The summed E-state index contributed by atoms with van der Waals surface area (Å²) in [5.41, 5.74) is 6.16. The van der Waals surface area contributed by atoms with Crippen molar-refractivity contribution in [3.63, 3.8) is 0 Å². The summed E-state index contributed by atoms with van der Waals surface area (Å²) in [5, 5.41) is 0. The van der Waals surface area contributed by atoms with Crippen LogP contribution in [0.3, 0.4) is 0 Å². The van der Waals surface area contributed by atoms with Crippen LogP contribution in [0, 0.1) is 5.82 Å². The van der Waals surface area contributed by atoms with Gasteiger partial charge >= 0.3 is 0 Å². The second-order valence-corrected chi connectivity index (χ2v) is 3.37. The first-order chi connectivity index (χ1) is 5.72. The maximum absolute atomic E-state index is 13.2. The average Bonchev–Trinajstić information content (AvgIpc) is 2.01. The van der Waals surface area contributed by atoms with Crippen molar-refractivity contribution in [2.45, 2.75) is 24.8 Å². The third-order valence-electron chi connectivity index (χ3n) is 2.55. The molecule has 2 nitrogen and oxygen atoms in total. The number of rotatable bonds is 1. The number of nitrogens with two attached hydrogens (primary N) is 1. The lowest BCUT2D eigenvalue weighted by atomic mass is 9.73. The van der Waals surface area contributed by atoms with Crippen molar-refractivity contribution in [3.8, 4) is 0 Å². The summed E-state index contributed by atoms with van der Waals surface area (Å²) >= 11 is 0. The summed E-state index contributed by atoms with van der Waals surface area (Å²) < 4.78 is 13.2. The van der Waals surface area contributed by atoms with Gasteiger partial charge in [-0.1, -0.05) is 0 Å². The Kier molecular flexibility index (Phi) is 1.61. The predicted molar refractivity (Wildman–Crippen MR) is 43.9 cm³/mol. The van der Waals surface area contributed by atoms with E-state index in [1.165, 1.54) is 6.20 Å². The first-order valence-electron chi connectivity index (χ1n) is 4.11. The van der Waals surface area contributed by atoms with Crippen LogP contribution in [-0.4, -0.2) is 4.98 Å². The minimum absolute atomic E-state index is 0.278. The lowest BCUT2D eigenvalue weighted by Crippen LogP contribution is -2.44. The van der Waals surface area contributed by atoms with Crippen LogP contribution < -0.4 is 5.73 Å². The van der Waals surface area contributed by atoms with E-state index in [9.17, 15) is 4.39 Å². The third kappa shape index (κ3) is 1.01. The van der Waals surface area contributed by atoms with Crippen molar-refractivity contribution in [2.75, 3.05) is 0 Å². The fraction of sp³-hybridized carbons (Fsp3) is 0.444. The van der Waals surface area contributed by atoms with E-state index in [2.05, 4.69) is 4.98 Å². The smallest absolute Gasteiger partial charge is 0.146 e. The quantitative estimate of drug-likeness (QED) is 0.687. The Morgan fingerprint density at radius 2 is 2.25 bits per heavy atom. The molecule has 0 amide bonds. The highest BCUT2D eigenvalue weighted by Crippen LogP contribution is 2.39. The van der Waals surface area contributed by atoms with Crippen LogP contribution in [0.2, 0.25) is 0 Å². The van der Waals surface area contributed by atoms with Crippen molar-refractivity contribution >= 4 is 0 Å². The van der Waals surface area contributed by atoms with Gasteiger partial charge in [-0.25, -0.2) is 4.39 Å². The summed E-state index contributed by atoms with van der Waals surface area (Å²) in [6.45, 7) is 0. The van der Waals surface area contributed by atoms with E-state index < -0.39 is 5.54 Å². The number of pyridine rings is 1. The molecule has 64 valence electrons. The van der Waals surface area contributed by atoms with Crippen LogP contribution in [0.4, 0.5) is 4.39 Å². The van der Waals surface area contributed by atoms with Gasteiger partial charge in [-0.15, -0.1) is 0 Å². The molecule has 1 heterocycles. The lowest BCUT2D eigenvalue weighted by Gasteiger charge is -2.38. The van der Waals surface area contributed by atoms with Crippen molar-refractivity contribution in [1.82, 2.24) is 4.98 Å². The molecule has 0 saturated heterocycles. The Morgan fingerprint density at radius 1 is 1.50 bits per heavy atom. The van der Waals surface area contributed by atoms with Gasteiger partial charge in [0.1, 0.15) is 5.82 Å². The normalized spacial score (nSPS) is 20.2. The monoisotopic (exact) mass is 166 g/mol. The van der Waals surface area contributed by atoms with Crippen molar-refractivity contribution in [1.29, 1.82) is 0 Å². The van der Waals surface area contributed by atoms with E-state index in [1.807, 2.05) is 0 Å². The zero-order chi connectivity index (χ0) is 8.60. The molecule has 0 atom stereocenters. The van der Waals surface area contributed by atoms with Crippen molar-refractivity contribution in [2.24, 2.45) is 5.73 Å². The van der Waals surface area contributed by atoms with Crippen molar-refractivity contribution < 1.29 is 4.39 Å². The molecule has 0 aromatic carbocycles. The average molecular weight is 166 g/mol. The summed E-state index contributed by atoms with van der Waals surface area (Å²) in [4.78, 5) is 3.69. The summed E-state index contributed by atoms with van der Waals surface area (Å²) in [6.07, 6.45) is 5.67. The van der Waals surface area contributed by atoms with E-state index in [1.54, 1.807) is 12.3 Å². The zero-order valence-corrected chi connectivity index (χ0v) is 6.76. The molecule has 0 bridgehead atoms. The van der Waals surface area contributed by atoms with Crippen LogP contribution in [-0.2, 0) is 5.54 Å². The number of aromatic nitrogens is 1. The highest BCUT2D eigenvalue weighted by molar-refractivity contribution is 5.25. The molecule has 1 aromatic rings. The molecular weight excluding hydrogens is 155 g/mol. The molecule has 3 heteroatoms. The number of halogens is 1. The maximum atomic E-state index is 13.2. The maximum Gasteiger partial charge on any atom is 0.146 e. The molecular formula is C9H11FN2. The van der Waals surface area contributed by atoms with Crippen LogP contribution in [0.15, 0.2) is 18.5 Å². The number of nitrogens with zero attached hydrogens (tertiary/aromatic N) is 1. The van der Waals surface area contributed by atoms with Gasteiger partial charge in [-0.3, -0.25) is 4.98 Å². The molecule has 0 spiro atoms. The van der Waals surface area contributed by atoms with Gasteiger partial charge in [0, 0.05) is 17.3 Å². The van der Waals surface area contributed by atoms with E-state index in [0.29, 0.717) is 5.56 Å². The molecule has 1 aliphatic carbocycles. The molecule has 0 radical (unpaired) electrons. The van der Waals surface area contributed by atoms with E-state index >= 15 is 0 Å². The van der Waals surface area contributed by atoms with Crippen LogP contribution in [0.1, 0.15) is 24.8 Å². The van der Waals surface area contributed by atoms with Gasteiger partial charge in [0.2, 0.25) is 0 Å². The second-order valence-electron chi connectivity index (χ2n) is 3.37. The van der Waals surface area contributed by atoms with Gasteiger partial charge in [0.25, 0.3) is 0 Å². The summed E-state index contributed by atoms with van der Waals surface area (Å²) in [5.74, 6) is -0.278. The molecule has 12 heavy (non-hydrogen) atoms. The largest absolute Gasteiger partial charge is 0.321 e. The van der Waals surface area contributed by atoms with Gasteiger partial charge in [-0.05, 0) is 25.3 Å². The Balaban J connectivity index is 2.39. The van der Waals surface area contributed by atoms with Gasteiger partial charge < -0.3 is 5.73 Å². The molecule has 2 rings (SSSR count). The van der Waals surface area contributed by atoms with Gasteiger partial charge in [0.05, 0.1) is 6.20 Å². The first kappa shape index (κ1) is 7.68. The molecule has 1 saturated carbocycles. The summed E-state index contributed by atoms with van der Waals surface area (Å²) in [6, 6.07) is 1.68. The molecule has 0 unspecified atom stereocenters. The van der Waals surface area contributed by atoms with E-state index in [-0.39, 0.29) is 5.82 Å². The Labute approximate surface area is 70.6 Å². The topological polar surface area (TPSA) is 38.9 Å². The molecule has 1 fully saturated rings. The van der Waals surface area contributed by atoms with Crippen LogP contribution in [0.5, 0.6) is 0 Å². The fourth-order valence-corrected chi connectivity index (χ4v) is 1.61. The molecule has 0 aliphatic heterocycles. The minimum Gasteiger partial charge on any atom is -0.321 e. The number of hydrogen-bond acceptors (Lipinski definition) is 2. The highest BCUT2D eigenvalue weighted by atomic mass is 19.1. The van der Waals surface area contributed by atoms with Gasteiger partial charge in [0.15, 0.2) is 0 Å². The van der Waals surface area contributed by atoms with E-state index in [0.717, 1.165) is 19.3 Å². The SMILES string of the molecule is NC1(c2ccncc2F)CCC1. The molecule has 2 N–H and O–H groups in total. The second kappa shape index (κ2) is 2.52. The van der Waals surface area contributed by atoms with Crippen LogP contribution >= 0.6 is 0 Å².